The molecule has 28 heavy (non-hydrogen) atoms. The van der Waals surface area contributed by atoms with Crippen molar-refractivity contribution in [1.29, 1.82) is 0 Å². The summed E-state index contributed by atoms with van der Waals surface area (Å²) in [6, 6.07) is 23.0. The van der Waals surface area contributed by atoms with Crippen LogP contribution in [0.15, 0.2) is 92.5 Å². The largest absolute Gasteiger partial charge is 0.299 e. The number of rotatable bonds is 2. The molecule has 136 valence electrons. The van der Waals surface area contributed by atoms with Gasteiger partial charge in [-0.25, -0.2) is 4.98 Å². The van der Waals surface area contributed by atoms with Gasteiger partial charge in [-0.05, 0) is 66.2 Å². The second-order valence-electron chi connectivity index (χ2n) is 6.50. The summed E-state index contributed by atoms with van der Waals surface area (Å²) in [5, 5.41) is 4.69. The standard InChI is InChI=1S/C23H13Br3N2/c24-15-10-8-14(9-11-15)23-27-12-13-28(23)19-7-3-6-18-20(19)22(26)17-5-2-1-4-16(17)21(18)25/h1-13H. The highest BCUT2D eigenvalue weighted by Crippen LogP contribution is 2.42. The Kier molecular flexibility index (Phi) is 4.62. The van der Waals surface area contributed by atoms with E-state index in [-0.39, 0.29) is 0 Å². The Morgan fingerprint density at radius 1 is 0.679 bits per heavy atom. The normalized spacial score (nSPS) is 11.4. The maximum Gasteiger partial charge on any atom is 0.144 e. The smallest absolute Gasteiger partial charge is 0.144 e. The fourth-order valence-electron chi connectivity index (χ4n) is 3.61. The van der Waals surface area contributed by atoms with E-state index in [1.54, 1.807) is 0 Å². The van der Waals surface area contributed by atoms with Crippen molar-refractivity contribution in [2.24, 2.45) is 0 Å². The third-order valence-corrected chi connectivity index (χ3v) is 7.11. The van der Waals surface area contributed by atoms with Gasteiger partial charge in [0.05, 0.1) is 5.69 Å². The maximum absolute atomic E-state index is 4.63. The van der Waals surface area contributed by atoms with Gasteiger partial charge in [0.1, 0.15) is 5.82 Å². The quantitative estimate of drug-likeness (QED) is 0.201. The summed E-state index contributed by atoms with van der Waals surface area (Å²) in [7, 11) is 0. The third kappa shape index (κ3) is 2.84. The number of benzene rings is 4. The van der Waals surface area contributed by atoms with Crippen LogP contribution in [0.5, 0.6) is 0 Å². The lowest BCUT2D eigenvalue weighted by molar-refractivity contribution is 1.08. The van der Waals surface area contributed by atoms with Crippen LogP contribution in [0.4, 0.5) is 0 Å². The molecule has 0 bridgehead atoms. The monoisotopic (exact) mass is 554 g/mol. The molecule has 0 amide bonds. The fraction of sp³-hybridized carbons (Fsp3) is 0. The topological polar surface area (TPSA) is 17.8 Å². The zero-order valence-electron chi connectivity index (χ0n) is 14.5. The van der Waals surface area contributed by atoms with Crippen molar-refractivity contribution >= 4 is 69.3 Å². The summed E-state index contributed by atoms with van der Waals surface area (Å²) in [6.45, 7) is 0. The number of hydrogen-bond acceptors (Lipinski definition) is 1. The Labute approximate surface area is 187 Å². The van der Waals surface area contributed by atoms with Crippen LogP contribution in [0.3, 0.4) is 0 Å². The van der Waals surface area contributed by atoms with Crippen LogP contribution in [-0.2, 0) is 0 Å². The Balaban J connectivity index is 1.85. The van der Waals surface area contributed by atoms with Gasteiger partial charge in [0.2, 0.25) is 0 Å². The van der Waals surface area contributed by atoms with Crippen molar-refractivity contribution in [3.05, 3.63) is 92.5 Å². The minimum absolute atomic E-state index is 0.913. The first-order valence-corrected chi connectivity index (χ1v) is 11.1. The molecule has 0 unspecified atom stereocenters. The molecular formula is C23H13Br3N2. The minimum Gasteiger partial charge on any atom is -0.299 e. The van der Waals surface area contributed by atoms with E-state index in [1.165, 1.54) is 16.2 Å². The van der Waals surface area contributed by atoms with Crippen LogP contribution in [0.2, 0.25) is 0 Å². The molecule has 0 radical (unpaired) electrons. The van der Waals surface area contributed by atoms with Crippen LogP contribution >= 0.6 is 47.8 Å². The second-order valence-corrected chi connectivity index (χ2v) is 9.00. The molecule has 0 spiro atoms. The highest BCUT2D eigenvalue weighted by atomic mass is 79.9. The SMILES string of the molecule is Brc1ccc(-c2nccn2-c2cccc3c(Br)c4ccccc4c(Br)c23)cc1. The molecule has 0 atom stereocenters. The number of hydrogen-bond donors (Lipinski definition) is 0. The number of fused-ring (bicyclic) bond motifs is 2. The molecule has 5 aromatic rings. The Morgan fingerprint density at radius 2 is 1.36 bits per heavy atom. The van der Waals surface area contributed by atoms with Gasteiger partial charge in [-0.1, -0.05) is 64.5 Å². The predicted molar refractivity (Wildman–Crippen MR) is 127 cm³/mol. The lowest BCUT2D eigenvalue weighted by Crippen LogP contribution is -1.98. The number of halogens is 3. The van der Waals surface area contributed by atoms with Crippen LogP contribution in [-0.4, -0.2) is 9.55 Å². The van der Waals surface area contributed by atoms with Crippen LogP contribution in [0.1, 0.15) is 0 Å². The van der Waals surface area contributed by atoms with Gasteiger partial charge in [0, 0.05) is 36.8 Å². The zero-order chi connectivity index (χ0) is 19.3. The molecule has 1 aromatic heterocycles. The summed E-state index contributed by atoms with van der Waals surface area (Å²) in [5.41, 5.74) is 2.16. The van der Waals surface area contributed by atoms with Crippen LogP contribution < -0.4 is 0 Å². The maximum atomic E-state index is 4.63. The first kappa shape index (κ1) is 18.1. The average Bonchev–Trinajstić information content (AvgIpc) is 3.22. The lowest BCUT2D eigenvalue weighted by atomic mass is 10.0. The molecule has 0 aliphatic heterocycles. The molecule has 0 N–H and O–H groups in total. The van der Waals surface area contributed by atoms with Crippen molar-refractivity contribution in [3.63, 3.8) is 0 Å². The van der Waals surface area contributed by atoms with Gasteiger partial charge in [0.15, 0.2) is 0 Å². The first-order chi connectivity index (χ1) is 13.6. The second kappa shape index (κ2) is 7.14. The van der Waals surface area contributed by atoms with Gasteiger partial charge in [-0.2, -0.15) is 0 Å². The third-order valence-electron chi connectivity index (χ3n) is 4.90. The van der Waals surface area contributed by atoms with E-state index < -0.39 is 0 Å². The Morgan fingerprint density at radius 3 is 2.11 bits per heavy atom. The van der Waals surface area contributed by atoms with E-state index in [0.29, 0.717) is 0 Å². The minimum atomic E-state index is 0.913. The van der Waals surface area contributed by atoms with E-state index in [9.17, 15) is 0 Å². The molecule has 4 aromatic carbocycles. The van der Waals surface area contributed by atoms with E-state index in [0.717, 1.165) is 35.9 Å². The Hall–Kier alpha value is -1.95. The lowest BCUT2D eigenvalue weighted by Gasteiger charge is -2.16. The van der Waals surface area contributed by atoms with E-state index >= 15 is 0 Å². The van der Waals surface area contributed by atoms with Gasteiger partial charge in [0.25, 0.3) is 0 Å². The molecule has 0 aliphatic rings. The molecule has 2 nitrogen and oxygen atoms in total. The number of aromatic nitrogens is 2. The number of imidazole rings is 1. The van der Waals surface area contributed by atoms with Crippen molar-refractivity contribution in [2.45, 2.75) is 0 Å². The van der Waals surface area contributed by atoms with Crippen molar-refractivity contribution in [1.82, 2.24) is 9.55 Å². The molecule has 1 heterocycles. The summed E-state index contributed by atoms with van der Waals surface area (Å²) < 4.78 is 5.40. The van der Waals surface area contributed by atoms with E-state index in [4.69, 9.17) is 0 Å². The average molecular weight is 557 g/mol. The van der Waals surface area contributed by atoms with Crippen LogP contribution in [0.25, 0.3) is 38.6 Å². The van der Waals surface area contributed by atoms with Gasteiger partial charge in [-0.15, -0.1) is 0 Å². The number of nitrogens with zero attached hydrogens (tertiary/aromatic N) is 2. The van der Waals surface area contributed by atoms with Gasteiger partial charge in [-0.3, -0.25) is 4.57 Å². The van der Waals surface area contributed by atoms with E-state index in [2.05, 4.69) is 112 Å². The summed E-state index contributed by atoms with van der Waals surface area (Å²) in [6.07, 6.45) is 3.86. The fourth-order valence-corrected chi connectivity index (χ4v) is 5.31. The summed E-state index contributed by atoms with van der Waals surface area (Å²) >= 11 is 11.2. The van der Waals surface area contributed by atoms with Crippen molar-refractivity contribution in [2.75, 3.05) is 0 Å². The van der Waals surface area contributed by atoms with Crippen molar-refractivity contribution in [3.8, 4) is 17.1 Å². The molecule has 0 saturated carbocycles. The van der Waals surface area contributed by atoms with Crippen molar-refractivity contribution < 1.29 is 0 Å². The van der Waals surface area contributed by atoms with Gasteiger partial charge < -0.3 is 0 Å². The first-order valence-electron chi connectivity index (χ1n) is 8.73. The summed E-state index contributed by atoms with van der Waals surface area (Å²) in [4.78, 5) is 4.63. The molecule has 0 fully saturated rings. The highest BCUT2D eigenvalue weighted by molar-refractivity contribution is 9.11. The molecular weight excluding hydrogens is 544 g/mol. The highest BCUT2D eigenvalue weighted by Gasteiger charge is 2.16. The Bertz CT molecular complexity index is 1340. The zero-order valence-corrected chi connectivity index (χ0v) is 19.3. The summed E-state index contributed by atoms with van der Waals surface area (Å²) in [5.74, 6) is 0.913. The predicted octanol–water partition coefficient (Wildman–Crippen LogP) is 8.13. The molecule has 5 heteroatoms. The molecule has 0 saturated heterocycles. The molecule has 0 aliphatic carbocycles. The van der Waals surface area contributed by atoms with E-state index in [1.807, 2.05) is 24.5 Å². The van der Waals surface area contributed by atoms with Crippen LogP contribution in [0, 0.1) is 0 Å². The van der Waals surface area contributed by atoms with Gasteiger partial charge >= 0.3 is 0 Å². The molecule has 5 rings (SSSR count).